The summed E-state index contributed by atoms with van der Waals surface area (Å²) in [5.41, 5.74) is -0.761. The Morgan fingerprint density at radius 2 is 1.91 bits per heavy atom. The molecule has 0 bridgehead atoms. The van der Waals surface area contributed by atoms with E-state index in [1.165, 1.54) is 25.3 Å². The summed E-state index contributed by atoms with van der Waals surface area (Å²) in [7, 11) is 0. The van der Waals surface area contributed by atoms with Gasteiger partial charge in [-0.3, -0.25) is 0 Å². The fourth-order valence-electron chi connectivity index (χ4n) is 2.14. The highest BCUT2D eigenvalue weighted by Gasteiger charge is 2.30. The molecule has 22 heavy (non-hydrogen) atoms. The van der Waals surface area contributed by atoms with Gasteiger partial charge in [-0.25, -0.2) is 4.98 Å². The third-order valence-electron chi connectivity index (χ3n) is 3.70. The Morgan fingerprint density at radius 3 is 2.45 bits per heavy atom. The van der Waals surface area contributed by atoms with E-state index in [0.717, 1.165) is 37.7 Å². The predicted molar refractivity (Wildman–Crippen MR) is 80.9 cm³/mol. The van der Waals surface area contributed by atoms with Gasteiger partial charge in [0.25, 0.3) is 0 Å². The molecule has 0 aliphatic rings. The summed E-state index contributed by atoms with van der Waals surface area (Å²) in [5.74, 6) is 1.00. The summed E-state index contributed by atoms with van der Waals surface area (Å²) in [5, 5.41) is 3.35. The van der Waals surface area contributed by atoms with E-state index in [4.69, 9.17) is 4.74 Å². The molecule has 1 aromatic rings. The zero-order chi connectivity index (χ0) is 16.4. The van der Waals surface area contributed by atoms with E-state index in [-0.39, 0.29) is 5.88 Å². The van der Waals surface area contributed by atoms with Crippen molar-refractivity contribution in [1.29, 1.82) is 0 Å². The highest BCUT2D eigenvalue weighted by Crippen LogP contribution is 2.29. The van der Waals surface area contributed by atoms with Crippen molar-refractivity contribution in [2.75, 3.05) is 19.7 Å². The first-order valence-electron chi connectivity index (χ1n) is 7.84. The lowest BCUT2D eigenvalue weighted by Gasteiger charge is -2.12. The van der Waals surface area contributed by atoms with Gasteiger partial charge >= 0.3 is 6.18 Å². The first-order valence-corrected chi connectivity index (χ1v) is 7.84. The molecule has 0 spiro atoms. The fraction of sp³-hybridized carbons (Fsp3) is 0.688. The quantitative estimate of drug-likeness (QED) is 0.654. The van der Waals surface area contributed by atoms with Crippen molar-refractivity contribution in [3.63, 3.8) is 0 Å². The van der Waals surface area contributed by atoms with Crippen LogP contribution in [0.1, 0.15) is 45.1 Å². The standard InChI is InChI=1S/C16H25F3N2O/c1-3-13(4-2)8-10-20-9-5-11-22-15-7-6-14(12-21-15)16(17,18)19/h6-7,12-13,20H,3-5,8-11H2,1-2H3. The van der Waals surface area contributed by atoms with Gasteiger partial charge in [0.2, 0.25) is 5.88 Å². The van der Waals surface area contributed by atoms with E-state index in [1.807, 2.05) is 0 Å². The average Bonchev–Trinajstić information content (AvgIpc) is 2.50. The van der Waals surface area contributed by atoms with Crippen LogP contribution in [0, 0.1) is 5.92 Å². The topological polar surface area (TPSA) is 34.1 Å². The van der Waals surface area contributed by atoms with Gasteiger partial charge in [0.1, 0.15) is 0 Å². The SMILES string of the molecule is CCC(CC)CCNCCCOc1ccc(C(F)(F)F)cn1. The fourth-order valence-corrected chi connectivity index (χ4v) is 2.14. The molecule has 1 rings (SSSR count). The summed E-state index contributed by atoms with van der Waals surface area (Å²) in [6.45, 7) is 6.68. The Bertz CT molecular complexity index is 403. The summed E-state index contributed by atoms with van der Waals surface area (Å²) in [6, 6.07) is 2.24. The molecule has 0 aromatic carbocycles. The first kappa shape index (κ1) is 18.7. The molecule has 0 radical (unpaired) electrons. The maximum atomic E-state index is 12.4. The van der Waals surface area contributed by atoms with Crippen molar-refractivity contribution in [2.24, 2.45) is 5.92 Å². The maximum Gasteiger partial charge on any atom is 0.417 e. The van der Waals surface area contributed by atoms with Gasteiger partial charge in [0.15, 0.2) is 0 Å². The number of hydrogen-bond donors (Lipinski definition) is 1. The van der Waals surface area contributed by atoms with Gasteiger partial charge in [0, 0.05) is 12.3 Å². The Balaban J connectivity index is 2.12. The number of ether oxygens (including phenoxy) is 1. The lowest BCUT2D eigenvalue weighted by molar-refractivity contribution is -0.137. The van der Waals surface area contributed by atoms with Crippen LogP contribution in [-0.2, 0) is 6.18 Å². The van der Waals surface area contributed by atoms with Crippen molar-refractivity contribution >= 4 is 0 Å². The van der Waals surface area contributed by atoms with E-state index in [1.54, 1.807) is 0 Å². The molecule has 0 fully saturated rings. The smallest absolute Gasteiger partial charge is 0.417 e. The summed E-state index contributed by atoms with van der Waals surface area (Å²) >= 11 is 0. The molecule has 0 saturated heterocycles. The Morgan fingerprint density at radius 1 is 1.18 bits per heavy atom. The van der Waals surface area contributed by atoms with Crippen LogP contribution in [0.2, 0.25) is 0 Å². The van der Waals surface area contributed by atoms with Crippen LogP contribution in [0.3, 0.4) is 0 Å². The minimum absolute atomic E-state index is 0.227. The van der Waals surface area contributed by atoms with Crippen molar-refractivity contribution < 1.29 is 17.9 Å². The molecule has 0 saturated carbocycles. The summed E-state index contributed by atoms with van der Waals surface area (Å²) < 4.78 is 42.4. The van der Waals surface area contributed by atoms with E-state index < -0.39 is 11.7 Å². The molecule has 3 nitrogen and oxygen atoms in total. The minimum atomic E-state index is -4.36. The number of nitrogens with zero attached hydrogens (tertiary/aromatic N) is 1. The van der Waals surface area contributed by atoms with Gasteiger partial charge in [-0.2, -0.15) is 13.2 Å². The maximum absolute atomic E-state index is 12.4. The van der Waals surface area contributed by atoms with Crippen LogP contribution in [0.25, 0.3) is 0 Å². The van der Waals surface area contributed by atoms with Crippen LogP contribution in [0.4, 0.5) is 13.2 Å². The number of alkyl halides is 3. The Kier molecular flexibility index (Phi) is 8.24. The minimum Gasteiger partial charge on any atom is -0.478 e. The van der Waals surface area contributed by atoms with Crippen molar-refractivity contribution in [1.82, 2.24) is 10.3 Å². The molecular formula is C16H25F3N2O. The zero-order valence-corrected chi connectivity index (χ0v) is 13.2. The molecule has 0 aliphatic carbocycles. The molecule has 1 N–H and O–H groups in total. The molecule has 0 unspecified atom stereocenters. The number of hydrogen-bond acceptors (Lipinski definition) is 3. The van der Waals surface area contributed by atoms with E-state index in [9.17, 15) is 13.2 Å². The largest absolute Gasteiger partial charge is 0.478 e. The van der Waals surface area contributed by atoms with Crippen LogP contribution < -0.4 is 10.1 Å². The van der Waals surface area contributed by atoms with Crippen LogP contribution >= 0.6 is 0 Å². The van der Waals surface area contributed by atoms with Gasteiger partial charge in [0.05, 0.1) is 12.2 Å². The zero-order valence-electron chi connectivity index (χ0n) is 13.2. The average molecular weight is 318 g/mol. The number of rotatable bonds is 10. The molecule has 0 amide bonds. The second kappa shape index (κ2) is 9.66. The van der Waals surface area contributed by atoms with Gasteiger partial charge in [-0.1, -0.05) is 26.7 Å². The van der Waals surface area contributed by atoms with E-state index >= 15 is 0 Å². The number of halogens is 3. The lowest BCUT2D eigenvalue weighted by Crippen LogP contribution is -2.20. The molecule has 0 atom stereocenters. The Hall–Kier alpha value is -1.30. The second-order valence-corrected chi connectivity index (χ2v) is 5.31. The summed E-state index contributed by atoms with van der Waals surface area (Å²) in [6.07, 6.45) is 0.829. The van der Waals surface area contributed by atoms with Crippen molar-refractivity contribution in [2.45, 2.75) is 45.7 Å². The monoisotopic (exact) mass is 318 g/mol. The Labute approximate surface area is 130 Å². The molecule has 126 valence electrons. The second-order valence-electron chi connectivity index (χ2n) is 5.31. The van der Waals surface area contributed by atoms with Crippen LogP contribution in [0.5, 0.6) is 5.88 Å². The van der Waals surface area contributed by atoms with Gasteiger partial charge < -0.3 is 10.1 Å². The van der Waals surface area contributed by atoms with Gasteiger partial charge in [-0.05, 0) is 37.9 Å². The van der Waals surface area contributed by atoms with Crippen LogP contribution in [-0.4, -0.2) is 24.7 Å². The number of pyridine rings is 1. The molecule has 6 heteroatoms. The molecule has 0 aliphatic heterocycles. The molecule has 1 aromatic heterocycles. The van der Waals surface area contributed by atoms with Gasteiger partial charge in [-0.15, -0.1) is 0 Å². The highest BCUT2D eigenvalue weighted by molar-refractivity contribution is 5.20. The van der Waals surface area contributed by atoms with Crippen molar-refractivity contribution in [3.8, 4) is 5.88 Å². The highest BCUT2D eigenvalue weighted by atomic mass is 19.4. The number of nitrogens with one attached hydrogen (secondary N) is 1. The summed E-state index contributed by atoms with van der Waals surface area (Å²) in [4.78, 5) is 3.66. The van der Waals surface area contributed by atoms with Crippen LogP contribution in [0.15, 0.2) is 18.3 Å². The number of aromatic nitrogens is 1. The van der Waals surface area contributed by atoms with E-state index in [2.05, 4.69) is 24.1 Å². The predicted octanol–water partition coefficient (Wildman–Crippen LogP) is 4.29. The first-order chi connectivity index (χ1) is 10.5. The lowest BCUT2D eigenvalue weighted by atomic mass is 10.00. The third kappa shape index (κ3) is 7.11. The van der Waals surface area contributed by atoms with E-state index in [0.29, 0.717) is 6.61 Å². The molecular weight excluding hydrogens is 293 g/mol. The van der Waals surface area contributed by atoms with Crippen molar-refractivity contribution in [3.05, 3.63) is 23.9 Å². The third-order valence-corrected chi connectivity index (χ3v) is 3.70. The normalized spacial score (nSPS) is 11.9. The molecule has 1 heterocycles.